The monoisotopic (exact) mass is 529 g/mol. The highest BCUT2D eigenvalue weighted by atomic mass is 35.5. The van der Waals surface area contributed by atoms with Crippen molar-refractivity contribution < 1.29 is 31.1 Å². The van der Waals surface area contributed by atoms with E-state index in [4.69, 9.17) is 16.3 Å². The Balaban J connectivity index is 1.81. The van der Waals surface area contributed by atoms with Gasteiger partial charge < -0.3 is 19.9 Å². The molecule has 35 heavy (non-hydrogen) atoms. The van der Waals surface area contributed by atoms with Gasteiger partial charge in [-0.05, 0) is 35.7 Å². The van der Waals surface area contributed by atoms with Crippen LogP contribution < -0.4 is 10.9 Å². The van der Waals surface area contributed by atoms with E-state index in [1.165, 1.54) is 12.1 Å². The van der Waals surface area contributed by atoms with Gasteiger partial charge in [-0.3, -0.25) is 4.79 Å². The molecule has 3 aromatic rings. The van der Waals surface area contributed by atoms with Gasteiger partial charge in [-0.25, -0.2) is 26.4 Å². The Kier molecular flexibility index (Phi) is 6.80. The summed E-state index contributed by atoms with van der Waals surface area (Å²) in [5, 5.41) is 2.23. The van der Waals surface area contributed by atoms with Gasteiger partial charge in [0.2, 0.25) is 0 Å². The Morgan fingerprint density at radius 2 is 1.86 bits per heavy atom. The van der Waals surface area contributed by atoms with Crippen LogP contribution >= 0.6 is 11.6 Å². The molecule has 4 rings (SSSR count). The molecule has 2 N–H and O–H groups in total. The lowest BCUT2D eigenvalue weighted by Gasteiger charge is -2.36. The predicted molar refractivity (Wildman–Crippen MR) is 124 cm³/mol. The van der Waals surface area contributed by atoms with E-state index in [2.05, 4.69) is 10.3 Å². The van der Waals surface area contributed by atoms with E-state index in [1.54, 1.807) is 0 Å². The number of hydrogen-bond acceptors (Lipinski definition) is 5. The SMILES string of the molecule is CS(=O)(=O)CCN(C(=O)Nc1ccc(F)c(Cl)c1)[C@H]1COCc2[nH]c(=O)c3cc(F)c(F)cc3c21. The number of nitrogens with one attached hydrogen (secondary N) is 2. The molecular formula is C22H19ClF3N3O5S. The smallest absolute Gasteiger partial charge is 0.322 e. The zero-order chi connectivity index (χ0) is 25.5. The topological polar surface area (TPSA) is 109 Å². The van der Waals surface area contributed by atoms with Gasteiger partial charge in [0.1, 0.15) is 15.7 Å². The number of benzene rings is 2. The summed E-state index contributed by atoms with van der Waals surface area (Å²) < 4.78 is 70.8. The first kappa shape index (κ1) is 25.0. The maximum absolute atomic E-state index is 14.2. The number of nitrogens with zero attached hydrogens (tertiary/aromatic N) is 1. The third-order valence-corrected chi connectivity index (χ3v) is 6.76. The van der Waals surface area contributed by atoms with Crippen molar-refractivity contribution in [1.82, 2.24) is 9.88 Å². The van der Waals surface area contributed by atoms with Gasteiger partial charge in [0.05, 0.1) is 35.4 Å². The molecule has 2 amide bonds. The number of H-pyrrole nitrogens is 1. The highest BCUT2D eigenvalue weighted by Gasteiger charge is 2.33. The van der Waals surface area contributed by atoms with Gasteiger partial charge in [-0.2, -0.15) is 0 Å². The molecule has 13 heteroatoms. The molecule has 0 unspecified atom stereocenters. The molecule has 2 aromatic carbocycles. The molecule has 1 aromatic heterocycles. The Hall–Kier alpha value is -3.09. The summed E-state index contributed by atoms with van der Waals surface area (Å²) in [6.07, 6.45) is 0.999. The maximum Gasteiger partial charge on any atom is 0.322 e. The van der Waals surface area contributed by atoms with Crippen molar-refractivity contribution >= 4 is 43.9 Å². The fourth-order valence-corrected chi connectivity index (χ4v) is 4.63. The van der Waals surface area contributed by atoms with E-state index in [9.17, 15) is 31.2 Å². The fourth-order valence-electron chi connectivity index (χ4n) is 3.92. The Morgan fingerprint density at radius 1 is 1.17 bits per heavy atom. The van der Waals surface area contributed by atoms with Crippen LogP contribution in [0.4, 0.5) is 23.7 Å². The number of aromatic amines is 1. The third-order valence-electron chi connectivity index (χ3n) is 5.55. The fraction of sp³-hybridized carbons (Fsp3) is 0.273. The van der Waals surface area contributed by atoms with Crippen LogP contribution in [0.15, 0.2) is 35.1 Å². The average molecular weight is 530 g/mol. The number of carbonyl (C=O) groups excluding carboxylic acids is 1. The molecule has 1 atom stereocenters. The number of urea groups is 1. The second kappa shape index (κ2) is 9.51. The summed E-state index contributed by atoms with van der Waals surface area (Å²) in [6, 6.07) is 3.37. The molecular weight excluding hydrogens is 511 g/mol. The average Bonchev–Trinajstić information content (AvgIpc) is 2.77. The zero-order valence-corrected chi connectivity index (χ0v) is 19.8. The van der Waals surface area contributed by atoms with Crippen molar-refractivity contribution in [3.63, 3.8) is 0 Å². The molecule has 0 saturated carbocycles. The minimum atomic E-state index is -3.52. The summed E-state index contributed by atoms with van der Waals surface area (Å²) in [5.74, 6) is -3.52. The number of ether oxygens (including phenoxy) is 1. The van der Waals surface area contributed by atoms with Gasteiger partial charge in [-0.1, -0.05) is 11.6 Å². The molecule has 2 heterocycles. The summed E-state index contributed by atoms with van der Waals surface area (Å²) in [6.45, 7) is -0.475. The van der Waals surface area contributed by atoms with Crippen molar-refractivity contribution in [1.29, 1.82) is 0 Å². The Morgan fingerprint density at radius 3 is 2.51 bits per heavy atom. The van der Waals surface area contributed by atoms with Gasteiger partial charge in [0.15, 0.2) is 11.6 Å². The number of aromatic nitrogens is 1. The van der Waals surface area contributed by atoms with Crippen LogP contribution in [0.5, 0.6) is 0 Å². The van der Waals surface area contributed by atoms with E-state index < -0.39 is 50.7 Å². The normalized spacial score (nSPS) is 15.6. The number of sulfone groups is 1. The first-order chi connectivity index (χ1) is 16.4. The summed E-state index contributed by atoms with van der Waals surface area (Å²) in [7, 11) is -3.52. The number of amides is 2. The number of carbonyl (C=O) groups is 1. The molecule has 8 nitrogen and oxygen atoms in total. The first-order valence-electron chi connectivity index (χ1n) is 10.3. The number of rotatable bonds is 5. The van der Waals surface area contributed by atoms with E-state index in [0.29, 0.717) is 5.56 Å². The lowest BCUT2D eigenvalue weighted by molar-refractivity contribution is 0.0473. The first-order valence-corrected chi connectivity index (χ1v) is 12.7. The highest BCUT2D eigenvalue weighted by Crippen LogP contribution is 2.34. The van der Waals surface area contributed by atoms with E-state index in [-0.39, 0.29) is 46.9 Å². The van der Waals surface area contributed by atoms with Crippen molar-refractivity contribution in [3.8, 4) is 0 Å². The van der Waals surface area contributed by atoms with Gasteiger partial charge in [0.25, 0.3) is 5.56 Å². The summed E-state index contributed by atoms with van der Waals surface area (Å²) in [4.78, 5) is 29.5. The number of fused-ring (bicyclic) bond motifs is 3. The number of halogens is 4. The van der Waals surface area contributed by atoms with Crippen molar-refractivity contribution in [2.45, 2.75) is 12.6 Å². The highest BCUT2D eigenvalue weighted by molar-refractivity contribution is 7.90. The minimum Gasteiger partial charge on any atom is -0.373 e. The van der Waals surface area contributed by atoms with E-state index >= 15 is 0 Å². The van der Waals surface area contributed by atoms with E-state index in [0.717, 1.165) is 29.4 Å². The second-order valence-electron chi connectivity index (χ2n) is 8.07. The molecule has 0 aliphatic carbocycles. The van der Waals surface area contributed by atoms with Crippen molar-refractivity contribution in [3.05, 3.63) is 74.4 Å². The largest absolute Gasteiger partial charge is 0.373 e. The Labute approximate surface area is 202 Å². The Bertz CT molecular complexity index is 1500. The van der Waals surface area contributed by atoms with Gasteiger partial charge >= 0.3 is 6.03 Å². The zero-order valence-electron chi connectivity index (χ0n) is 18.2. The number of pyridine rings is 1. The maximum atomic E-state index is 14.2. The number of anilines is 1. The van der Waals surface area contributed by atoms with Crippen LogP contribution in [0, 0.1) is 17.5 Å². The summed E-state index contributed by atoms with van der Waals surface area (Å²) in [5.41, 5.74) is 0.00872. The van der Waals surface area contributed by atoms with Crippen LogP contribution in [0.1, 0.15) is 17.3 Å². The molecule has 0 radical (unpaired) electrons. The molecule has 186 valence electrons. The minimum absolute atomic E-state index is 0.0644. The van der Waals surface area contributed by atoms with Gasteiger partial charge in [-0.15, -0.1) is 0 Å². The molecule has 0 spiro atoms. The van der Waals surface area contributed by atoms with Crippen LogP contribution in [-0.2, 0) is 21.2 Å². The lowest BCUT2D eigenvalue weighted by Crippen LogP contribution is -2.44. The van der Waals surface area contributed by atoms with E-state index in [1.807, 2.05) is 0 Å². The third kappa shape index (κ3) is 5.29. The quantitative estimate of drug-likeness (QED) is 0.523. The lowest BCUT2D eigenvalue weighted by atomic mass is 9.95. The molecule has 0 fully saturated rings. The number of hydrogen-bond donors (Lipinski definition) is 2. The van der Waals surface area contributed by atoms with Crippen LogP contribution in [0.2, 0.25) is 5.02 Å². The van der Waals surface area contributed by atoms with Crippen LogP contribution in [-0.4, -0.2) is 49.5 Å². The van der Waals surface area contributed by atoms with Crippen LogP contribution in [0.25, 0.3) is 10.8 Å². The molecule has 0 saturated heterocycles. The van der Waals surface area contributed by atoms with Crippen LogP contribution in [0.3, 0.4) is 0 Å². The predicted octanol–water partition coefficient (Wildman–Crippen LogP) is 3.75. The van der Waals surface area contributed by atoms with Crippen molar-refractivity contribution in [2.75, 3.05) is 30.5 Å². The standard InChI is InChI=1S/C22H19ClF3N3O5S/c1-35(32,33)5-4-29(22(31)27-11-2-3-15(24)14(23)6-11)19-10-34-9-18-20(19)12-7-16(25)17(26)8-13(12)21(30)28-18/h2-3,6-8,19H,4-5,9-10H2,1H3,(H,27,31)(H,28,30)/t19-/m0/s1. The van der Waals surface area contributed by atoms with Gasteiger partial charge in [0, 0.05) is 29.7 Å². The second-order valence-corrected chi connectivity index (χ2v) is 10.7. The van der Waals surface area contributed by atoms with Crippen molar-refractivity contribution in [2.24, 2.45) is 0 Å². The molecule has 0 bridgehead atoms. The summed E-state index contributed by atoms with van der Waals surface area (Å²) >= 11 is 5.78. The molecule has 1 aliphatic heterocycles. The molecule has 1 aliphatic rings.